The van der Waals surface area contributed by atoms with Crippen molar-refractivity contribution in [2.24, 2.45) is 11.8 Å². The molecular formula is C46H92NO8P. The Morgan fingerprint density at radius 1 is 0.536 bits per heavy atom. The van der Waals surface area contributed by atoms with Crippen molar-refractivity contribution in [2.45, 2.75) is 226 Å². The Kier molecular flexibility index (Phi) is 36.4. The molecule has 0 amide bonds. The topological polar surface area (TPSA) is 111 Å². The molecule has 0 saturated carbocycles. The fourth-order valence-electron chi connectivity index (χ4n) is 7.03. The Hall–Kier alpha value is -0.990. The maximum atomic E-state index is 12.7. The zero-order valence-corrected chi connectivity index (χ0v) is 38.8. The third-order valence-corrected chi connectivity index (χ3v) is 11.9. The molecule has 9 nitrogen and oxygen atoms in total. The number of esters is 2. The van der Waals surface area contributed by atoms with Crippen LogP contribution in [0.2, 0.25) is 0 Å². The number of likely N-dealkylation sites (N-methyl/N-ethyl adjacent to an activating group) is 1. The van der Waals surface area contributed by atoms with Gasteiger partial charge in [0.05, 0.1) is 27.7 Å². The van der Waals surface area contributed by atoms with E-state index in [2.05, 4.69) is 27.7 Å². The van der Waals surface area contributed by atoms with Crippen molar-refractivity contribution in [3.8, 4) is 0 Å². The average molecular weight is 818 g/mol. The molecule has 0 aliphatic carbocycles. The van der Waals surface area contributed by atoms with Crippen molar-refractivity contribution in [3.63, 3.8) is 0 Å². The molecule has 4 atom stereocenters. The molecule has 0 bridgehead atoms. The Morgan fingerprint density at radius 3 is 1.32 bits per heavy atom. The minimum Gasteiger partial charge on any atom is -0.756 e. The van der Waals surface area contributed by atoms with Crippen molar-refractivity contribution in [1.82, 2.24) is 0 Å². The second-order valence-electron chi connectivity index (χ2n) is 18.0. The van der Waals surface area contributed by atoms with Crippen LogP contribution in [-0.4, -0.2) is 70.0 Å². The van der Waals surface area contributed by atoms with Gasteiger partial charge in [-0.3, -0.25) is 14.2 Å². The number of unbranched alkanes of at least 4 members (excludes halogenated alkanes) is 20. The minimum atomic E-state index is -4.62. The predicted molar refractivity (Wildman–Crippen MR) is 231 cm³/mol. The maximum absolute atomic E-state index is 12.7. The normalized spacial score (nSPS) is 14.6. The molecule has 0 fully saturated rings. The van der Waals surface area contributed by atoms with Crippen LogP contribution in [0.3, 0.4) is 0 Å². The first-order chi connectivity index (χ1) is 26.8. The summed E-state index contributed by atoms with van der Waals surface area (Å²) in [6, 6.07) is 0. The van der Waals surface area contributed by atoms with Gasteiger partial charge in [0.1, 0.15) is 19.8 Å². The van der Waals surface area contributed by atoms with Gasteiger partial charge in [0.15, 0.2) is 6.10 Å². The largest absolute Gasteiger partial charge is 0.756 e. The van der Waals surface area contributed by atoms with E-state index in [9.17, 15) is 19.0 Å². The molecule has 0 aliphatic rings. The zero-order chi connectivity index (χ0) is 41.8. The lowest BCUT2D eigenvalue weighted by Gasteiger charge is -2.28. The highest BCUT2D eigenvalue weighted by atomic mass is 31.2. The Balaban J connectivity index is 4.40. The summed E-state index contributed by atoms with van der Waals surface area (Å²) in [5.41, 5.74) is 0. The van der Waals surface area contributed by atoms with E-state index in [0.717, 1.165) is 50.4 Å². The lowest BCUT2D eigenvalue weighted by molar-refractivity contribution is -0.870. The summed E-state index contributed by atoms with van der Waals surface area (Å²) in [4.78, 5) is 37.7. The standard InChI is InChI=1S/C46H92NO8P/c1-8-10-12-14-20-26-32-42(3)34-28-22-16-18-24-30-36-45(48)52-40-44(41-54-56(50,51)53-39-38-47(5,6)7)55-46(49)37-31-25-19-17-23-29-35-43(4)33-27-21-15-13-11-9-2/h42-44H,8-41H2,1-7H3/t42?,43?,44-/m1/s1. The molecule has 0 rings (SSSR count). The quantitative estimate of drug-likeness (QED) is 0.0259. The number of quaternary nitrogens is 1. The highest BCUT2D eigenvalue weighted by Gasteiger charge is 2.22. The van der Waals surface area contributed by atoms with Gasteiger partial charge >= 0.3 is 11.9 Å². The maximum Gasteiger partial charge on any atom is 0.306 e. The smallest absolute Gasteiger partial charge is 0.306 e. The molecule has 0 N–H and O–H groups in total. The first kappa shape index (κ1) is 55.0. The molecule has 56 heavy (non-hydrogen) atoms. The lowest BCUT2D eigenvalue weighted by atomic mass is 9.96. The average Bonchev–Trinajstić information content (AvgIpc) is 3.13. The highest BCUT2D eigenvalue weighted by Crippen LogP contribution is 2.38. The number of hydrogen-bond acceptors (Lipinski definition) is 8. The summed E-state index contributed by atoms with van der Waals surface area (Å²) < 4.78 is 34.0. The summed E-state index contributed by atoms with van der Waals surface area (Å²) in [7, 11) is 1.18. The minimum absolute atomic E-state index is 0.0275. The molecule has 0 saturated heterocycles. The van der Waals surface area contributed by atoms with E-state index in [1.54, 1.807) is 0 Å². The third kappa shape index (κ3) is 39.8. The molecule has 0 spiro atoms. The number of rotatable bonds is 42. The van der Waals surface area contributed by atoms with Gasteiger partial charge in [-0.25, -0.2) is 0 Å². The Morgan fingerprint density at radius 2 is 0.911 bits per heavy atom. The van der Waals surface area contributed by atoms with Crippen LogP contribution in [0.4, 0.5) is 0 Å². The monoisotopic (exact) mass is 818 g/mol. The summed E-state index contributed by atoms with van der Waals surface area (Å²) in [5.74, 6) is 0.788. The van der Waals surface area contributed by atoms with Gasteiger partial charge in [-0.2, -0.15) is 0 Å². The molecular weight excluding hydrogens is 725 g/mol. The van der Waals surface area contributed by atoms with Crippen molar-refractivity contribution < 1.29 is 42.1 Å². The van der Waals surface area contributed by atoms with E-state index >= 15 is 0 Å². The number of carbonyl (C=O) groups excluding carboxylic acids is 2. The van der Waals surface area contributed by atoms with E-state index < -0.39 is 26.5 Å². The molecule has 0 aromatic carbocycles. The van der Waals surface area contributed by atoms with Gasteiger partial charge in [-0.15, -0.1) is 0 Å². The van der Waals surface area contributed by atoms with Crippen LogP contribution in [-0.2, 0) is 32.7 Å². The molecule has 0 aromatic rings. The summed E-state index contributed by atoms with van der Waals surface area (Å²) in [6.07, 6.45) is 34.0. The summed E-state index contributed by atoms with van der Waals surface area (Å²) >= 11 is 0. The van der Waals surface area contributed by atoms with Crippen molar-refractivity contribution >= 4 is 19.8 Å². The van der Waals surface area contributed by atoms with E-state index in [0.29, 0.717) is 17.4 Å². The number of phosphoric acid groups is 1. The summed E-state index contributed by atoms with van der Waals surface area (Å²) in [5, 5.41) is 0. The fraction of sp³-hybridized carbons (Fsp3) is 0.957. The second kappa shape index (κ2) is 37.0. The van der Waals surface area contributed by atoms with Gasteiger partial charge in [0.25, 0.3) is 7.82 Å². The predicted octanol–water partition coefficient (Wildman–Crippen LogP) is 12.7. The number of ether oxygens (including phenoxy) is 2. The van der Waals surface area contributed by atoms with Crippen LogP contribution in [0.5, 0.6) is 0 Å². The Labute approximate surface area is 346 Å². The molecule has 0 aliphatic heterocycles. The van der Waals surface area contributed by atoms with Crippen molar-refractivity contribution in [1.29, 1.82) is 0 Å². The summed E-state index contributed by atoms with van der Waals surface area (Å²) in [6.45, 7) is 9.03. The van der Waals surface area contributed by atoms with Crippen molar-refractivity contribution in [2.75, 3.05) is 47.5 Å². The van der Waals surface area contributed by atoms with Crippen LogP contribution < -0.4 is 4.89 Å². The van der Waals surface area contributed by atoms with Crippen LogP contribution in [0, 0.1) is 11.8 Å². The van der Waals surface area contributed by atoms with E-state index in [4.69, 9.17) is 18.5 Å². The molecule has 0 heterocycles. The highest BCUT2D eigenvalue weighted by molar-refractivity contribution is 7.45. The van der Waals surface area contributed by atoms with Gasteiger partial charge in [-0.05, 0) is 24.7 Å². The number of nitrogens with zero attached hydrogens (tertiary/aromatic N) is 1. The van der Waals surface area contributed by atoms with Gasteiger partial charge in [-0.1, -0.05) is 195 Å². The van der Waals surface area contributed by atoms with Crippen LogP contribution >= 0.6 is 7.82 Å². The zero-order valence-electron chi connectivity index (χ0n) is 37.9. The SMILES string of the molecule is CCCCCCCCC(C)CCCCCCCCC(=O)OC[C@H](COP(=O)([O-])OCC[N+](C)(C)C)OC(=O)CCCCCCCCC(C)CCCCCCCC. The van der Waals surface area contributed by atoms with Crippen LogP contribution in [0.25, 0.3) is 0 Å². The molecule has 0 aromatic heterocycles. The Bertz CT molecular complexity index is 958. The lowest BCUT2D eigenvalue weighted by Crippen LogP contribution is -2.37. The molecule has 0 radical (unpaired) electrons. The van der Waals surface area contributed by atoms with Crippen molar-refractivity contribution in [3.05, 3.63) is 0 Å². The van der Waals surface area contributed by atoms with E-state index in [1.165, 1.54) is 135 Å². The molecule has 3 unspecified atom stereocenters. The van der Waals surface area contributed by atoms with E-state index in [1.807, 2.05) is 21.1 Å². The molecule has 10 heteroatoms. The molecule has 334 valence electrons. The van der Waals surface area contributed by atoms with E-state index in [-0.39, 0.29) is 32.0 Å². The number of hydrogen-bond donors (Lipinski definition) is 0. The van der Waals surface area contributed by atoms with Crippen LogP contribution in [0.15, 0.2) is 0 Å². The fourth-order valence-corrected chi connectivity index (χ4v) is 7.76. The first-order valence-electron chi connectivity index (χ1n) is 23.5. The first-order valence-corrected chi connectivity index (χ1v) is 25.0. The van der Waals surface area contributed by atoms with Gasteiger partial charge in [0.2, 0.25) is 0 Å². The second-order valence-corrected chi connectivity index (χ2v) is 19.4. The van der Waals surface area contributed by atoms with Gasteiger partial charge in [0, 0.05) is 12.8 Å². The number of phosphoric ester groups is 1. The number of carbonyl (C=O) groups is 2. The van der Waals surface area contributed by atoms with Gasteiger partial charge < -0.3 is 27.9 Å². The third-order valence-electron chi connectivity index (χ3n) is 10.9. The van der Waals surface area contributed by atoms with Crippen LogP contribution in [0.1, 0.15) is 220 Å².